The van der Waals surface area contributed by atoms with Crippen molar-refractivity contribution < 1.29 is 4.21 Å². The first-order valence-electron chi connectivity index (χ1n) is 3.42. The first-order valence-corrected chi connectivity index (χ1v) is 5.56. The maximum absolute atomic E-state index is 10.9. The molecular weight excluding hydrogens is 146 g/mol. The maximum Gasteiger partial charge on any atom is 0.0412 e. The zero-order chi connectivity index (χ0) is 8.41. The Morgan fingerprint density at radius 1 is 1.40 bits per heavy atom. The van der Waals surface area contributed by atoms with Crippen molar-refractivity contribution >= 4 is 9.73 Å². The standard InChI is InChI=1S/C7H17NOS/c1-7(2,3)5-6-10(4,8)9/h8H,5-6H2,1-4H3. The molecule has 0 heterocycles. The number of nitrogens with one attached hydrogen (secondary N) is 1. The van der Waals surface area contributed by atoms with E-state index in [9.17, 15) is 4.21 Å². The van der Waals surface area contributed by atoms with Crippen LogP contribution in [0.2, 0.25) is 0 Å². The molecule has 0 aliphatic heterocycles. The Kier molecular flexibility index (Phi) is 2.89. The quantitative estimate of drug-likeness (QED) is 0.665. The molecule has 0 radical (unpaired) electrons. The Morgan fingerprint density at radius 3 is 1.90 bits per heavy atom. The van der Waals surface area contributed by atoms with Gasteiger partial charge in [0.25, 0.3) is 0 Å². The van der Waals surface area contributed by atoms with Crippen molar-refractivity contribution in [2.24, 2.45) is 5.41 Å². The lowest BCUT2D eigenvalue weighted by molar-refractivity contribution is 0.399. The lowest BCUT2D eigenvalue weighted by Crippen LogP contribution is -2.12. The summed E-state index contributed by atoms with van der Waals surface area (Å²) in [5, 5.41) is 0. The van der Waals surface area contributed by atoms with Crippen molar-refractivity contribution in [3.8, 4) is 0 Å². The molecule has 0 aliphatic carbocycles. The van der Waals surface area contributed by atoms with Gasteiger partial charge >= 0.3 is 0 Å². The predicted octanol–water partition coefficient (Wildman–Crippen LogP) is 2.10. The zero-order valence-corrected chi connectivity index (χ0v) is 8.05. The Labute approximate surface area is 64.0 Å². The number of hydrogen-bond acceptors (Lipinski definition) is 2. The molecule has 0 aromatic rings. The molecule has 1 unspecified atom stereocenters. The van der Waals surface area contributed by atoms with Crippen LogP contribution in [0.15, 0.2) is 0 Å². The highest BCUT2D eigenvalue weighted by Gasteiger charge is 2.11. The molecule has 1 N–H and O–H groups in total. The molecule has 0 rings (SSSR count). The minimum Gasteiger partial charge on any atom is -0.253 e. The second kappa shape index (κ2) is 2.91. The van der Waals surface area contributed by atoms with E-state index in [0.29, 0.717) is 5.75 Å². The monoisotopic (exact) mass is 163 g/mol. The molecule has 0 saturated carbocycles. The molecule has 1 atom stereocenters. The van der Waals surface area contributed by atoms with Gasteiger partial charge in [-0.05, 0) is 11.8 Å². The zero-order valence-electron chi connectivity index (χ0n) is 7.23. The summed E-state index contributed by atoms with van der Waals surface area (Å²) >= 11 is 0. The average molecular weight is 163 g/mol. The normalized spacial score (nSPS) is 18.4. The van der Waals surface area contributed by atoms with Gasteiger partial charge in [0.05, 0.1) is 0 Å². The lowest BCUT2D eigenvalue weighted by atomic mass is 9.94. The van der Waals surface area contributed by atoms with E-state index < -0.39 is 9.73 Å². The summed E-state index contributed by atoms with van der Waals surface area (Å²) in [7, 11) is -2.26. The Bertz CT molecular complexity index is 186. The molecular formula is C7H17NOS. The fourth-order valence-corrected chi connectivity index (χ4v) is 1.50. The topological polar surface area (TPSA) is 40.9 Å². The fraction of sp³-hybridized carbons (Fsp3) is 1.00. The number of hydrogen-bond donors (Lipinski definition) is 1. The van der Waals surface area contributed by atoms with Crippen LogP contribution in [0.3, 0.4) is 0 Å². The van der Waals surface area contributed by atoms with Crippen LogP contribution in [-0.2, 0) is 9.73 Å². The molecule has 0 saturated heterocycles. The van der Waals surface area contributed by atoms with E-state index in [0.717, 1.165) is 6.42 Å². The van der Waals surface area contributed by atoms with E-state index in [-0.39, 0.29) is 5.41 Å². The van der Waals surface area contributed by atoms with Crippen LogP contribution in [0.4, 0.5) is 0 Å². The number of rotatable bonds is 2. The molecule has 0 aliphatic rings. The average Bonchev–Trinajstić information content (AvgIpc) is 1.57. The van der Waals surface area contributed by atoms with Gasteiger partial charge in [-0.3, -0.25) is 8.99 Å². The molecule has 0 bridgehead atoms. The van der Waals surface area contributed by atoms with Gasteiger partial charge in [-0.25, -0.2) is 0 Å². The van der Waals surface area contributed by atoms with Crippen LogP contribution in [0.1, 0.15) is 27.2 Å². The van der Waals surface area contributed by atoms with Gasteiger partial charge < -0.3 is 0 Å². The Hall–Kier alpha value is -0.0500. The van der Waals surface area contributed by atoms with Crippen molar-refractivity contribution in [1.82, 2.24) is 0 Å². The summed E-state index contributed by atoms with van der Waals surface area (Å²) in [6, 6.07) is 0. The molecule has 3 heteroatoms. The van der Waals surface area contributed by atoms with Gasteiger partial charge in [-0.2, -0.15) is 0 Å². The summed E-state index contributed by atoms with van der Waals surface area (Å²) in [6.45, 7) is 6.29. The molecule has 62 valence electrons. The smallest absolute Gasteiger partial charge is 0.0412 e. The van der Waals surface area contributed by atoms with Crippen LogP contribution in [0, 0.1) is 10.2 Å². The first-order chi connectivity index (χ1) is 4.21. The molecule has 0 spiro atoms. The Morgan fingerprint density at radius 2 is 1.80 bits per heavy atom. The third kappa shape index (κ3) is 7.95. The van der Waals surface area contributed by atoms with Crippen LogP contribution in [0.25, 0.3) is 0 Å². The summed E-state index contributed by atoms with van der Waals surface area (Å²) in [5.41, 5.74) is 0.208. The van der Waals surface area contributed by atoms with Crippen LogP contribution < -0.4 is 0 Å². The van der Waals surface area contributed by atoms with Gasteiger partial charge in [0.15, 0.2) is 0 Å². The summed E-state index contributed by atoms with van der Waals surface area (Å²) in [4.78, 5) is 0. The van der Waals surface area contributed by atoms with Gasteiger partial charge in [-0.1, -0.05) is 20.8 Å². The fourth-order valence-electron chi connectivity index (χ4n) is 0.501. The Balaban J connectivity index is 3.79. The van der Waals surface area contributed by atoms with Crippen LogP contribution in [-0.4, -0.2) is 16.2 Å². The lowest BCUT2D eigenvalue weighted by Gasteiger charge is -2.17. The van der Waals surface area contributed by atoms with E-state index in [2.05, 4.69) is 20.8 Å². The largest absolute Gasteiger partial charge is 0.253 e. The van der Waals surface area contributed by atoms with Gasteiger partial charge in [0.2, 0.25) is 0 Å². The second-order valence-corrected chi connectivity index (χ2v) is 6.44. The van der Waals surface area contributed by atoms with E-state index in [4.69, 9.17) is 4.78 Å². The highest BCUT2D eigenvalue weighted by Crippen LogP contribution is 2.18. The van der Waals surface area contributed by atoms with Crippen molar-refractivity contribution in [2.75, 3.05) is 12.0 Å². The third-order valence-corrected chi connectivity index (χ3v) is 2.22. The molecule has 0 amide bonds. The van der Waals surface area contributed by atoms with E-state index in [1.54, 1.807) is 0 Å². The van der Waals surface area contributed by atoms with E-state index in [1.165, 1.54) is 6.26 Å². The second-order valence-electron chi connectivity index (χ2n) is 4.02. The highest BCUT2D eigenvalue weighted by molar-refractivity contribution is 7.91. The van der Waals surface area contributed by atoms with Gasteiger partial charge in [0, 0.05) is 21.7 Å². The van der Waals surface area contributed by atoms with Crippen LogP contribution >= 0.6 is 0 Å². The van der Waals surface area contributed by atoms with Crippen molar-refractivity contribution in [1.29, 1.82) is 4.78 Å². The predicted molar refractivity (Wildman–Crippen MR) is 45.7 cm³/mol. The summed E-state index contributed by atoms with van der Waals surface area (Å²) < 4.78 is 18.0. The van der Waals surface area contributed by atoms with Crippen LogP contribution in [0.5, 0.6) is 0 Å². The third-order valence-electron chi connectivity index (χ3n) is 1.24. The minimum absolute atomic E-state index is 0.208. The summed E-state index contributed by atoms with van der Waals surface area (Å²) in [6.07, 6.45) is 2.37. The van der Waals surface area contributed by atoms with Crippen molar-refractivity contribution in [3.05, 3.63) is 0 Å². The highest BCUT2D eigenvalue weighted by atomic mass is 32.2. The molecule has 0 fully saturated rings. The maximum atomic E-state index is 10.9. The van der Waals surface area contributed by atoms with E-state index in [1.807, 2.05) is 0 Å². The minimum atomic E-state index is -2.26. The molecule has 0 aromatic carbocycles. The summed E-state index contributed by atoms with van der Waals surface area (Å²) in [5.74, 6) is 0.524. The van der Waals surface area contributed by atoms with Gasteiger partial charge in [-0.15, -0.1) is 0 Å². The van der Waals surface area contributed by atoms with Gasteiger partial charge in [0.1, 0.15) is 0 Å². The first kappa shape index (κ1) is 9.95. The van der Waals surface area contributed by atoms with Crippen molar-refractivity contribution in [2.45, 2.75) is 27.2 Å². The SMILES string of the molecule is CC(C)(C)CCS(C)(=N)=O. The molecule has 10 heavy (non-hydrogen) atoms. The van der Waals surface area contributed by atoms with E-state index >= 15 is 0 Å². The molecule has 2 nitrogen and oxygen atoms in total. The molecule has 0 aromatic heterocycles. The van der Waals surface area contributed by atoms with Crippen molar-refractivity contribution in [3.63, 3.8) is 0 Å².